The van der Waals surface area contributed by atoms with Crippen LogP contribution in [0.1, 0.15) is 57.0 Å². The molecule has 0 unspecified atom stereocenters. The van der Waals surface area contributed by atoms with Gasteiger partial charge in [0, 0.05) is 22.4 Å². The molecule has 0 aromatic heterocycles. The maximum absolute atomic E-state index is 12.8. The molecule has 1 saturated heterocycles. The van der Waals surface area contributed by atoms with E-state index in [-0.39, 0.29) is 17.2 Å². The Bertz CT molecular complexity index is 886. The van der Waals surface area contributed by atoms with Crippen LogP contribution in [0.2, 0.25) is 0 Å². The molecule has 4 nitrogen and oxygen atoms in total. The molecule has 0 radical (unpaired) electrons. The smallest absolute Gasteiger partial charge is 0.238 e. The Labute approximate surface area is 171 Å². The highest BCUT2D eigenvalue weighted by atomic mass is 32.2. The van der Waals surface area contributed by atoms with Gasteiger partial charge in [0.05, 0.1) is 5.75 Å². The third-order valence-corrected chi connectivity index (χ3v) is 6.04. The number of nitrogens with zero attached hydrogens (tertiary/aromatic N) is 1. The lowest BCUT2D eigenvalue weighted by Gasteiger charge is -2.29. The Hall–Kier alpha value is -2.27. The van der Waals surface area contributed by atoms with Gasteiger partial charge in [-0.05, 0) is 23.6 Å². The topological polar surface area (TPSA) is 49.4 Å². The molecule has 0 bridgehead atoms. The number of amides is 2. The Balaban J connectivity index is 2.02. The van der Waals surface area contributed by atoms with Crippen molar-refractivity contribution in [3.63, 3.8) is 0 Å². The maximum atomic E-state index is 12.8. The molecule has 1 fully saturated rings. The van der Waals surface area contributed by atoms with E-state index < -0.39 is 5.41 Å². The molecule has 0 spiro atoms. The molecule has 1 atom stereocenters. The quantitative estimate of drug-likeness (QED) is 0.735. The van der Waals surface area contributed by atoms with Crippen LogP contribution in [0.4, 0.5) is 11.4 Å². The van der Waals surface area contributed by atoms with Crippen molar-refractivity contribution < 1.29 is 9.59 Å². The zero-order valence-electron chi connectivity index (χ0n) is 17.2. The summed E-state index contributed by atoms with van der Waals surface area (Å²) in [4.78, 5) is 27.3. The lowest BCUT2D eigenvalue weighted by Crippen LogP contribution is -2.31. The summed E-state index contributed by atoms with van der Waals surface area (Å²) in [5, 5.41) is 2.90. The molecule has 5 heteroatoms. The van der Waals surface area contributed by atoms with E-state index in [2.05, 4.69) is 25.2 Å². The number of carbonyl (C=O) groups excluding carboxylic acids is 2. The predicted octanol–water partition coefficient (Wildman–Crippen LogP) is 5.57. The SMILES string of the molecule is CC(C)c1ccccc1N1C(=O)CS[C@@H]1c1ccccc1NC(=O)C(C)(C)C. The predicted molar refractivity (Wildman–Crippen MR) is 118 cm³/mol. The fourth-order valence-corrected chi connectivity index (χ4v) is 4.45. The summed E-state index contributed by atoms with van der Waals surface area (Å²) >= 11 is 1.60. The number of benzene rings is 2. The number of hydrogen-bond donors (Lipinski definition) is 1. The third kappa shape index (κ3) is 4.09. The first-order chi connectivity index (χ1) is 13.2. The molecule has 3 rings (SSSR count). The van der Waals surface area contributed by atoms with E-state index in [0.29, 0.717) is 11.7 Å². The van der Waals surface area contributed by atoms with Crippen LogP contribution in [0, 0.1) is 5.41 Å². The van der Waals surface area contributed by atoms with E-state index in [1.807, 2.05) is 68.1 Å². The molecule has 0 saturated carbocycles. The lowest BCUT2D eigenvalue weighted by atomic mass is 9.95. The molecule has 0 aliphatic carbocycles. The second kappa shape index (κ2) is 8.00. The van der Waals surface area contributed by atoms with Gasteiger partial charge in [0.25, 0.3) is 0 Å². The molecule has 1 heterocycles. The molecular formula is C23H28N2O2S. The van der Waals surface area contributed by atoms with Gasteiger partial charge >= 0.3 is 0 Å². The van der Waals surface area contributed by atoms with Crippen LogP contribution >= 0.6 is 11.8 Å². The summed E-state index contributed by atoms with van der Waals surface area (Å²) in [5.41, 5.74) is 3.33. The Morgan fingerprint density at radius 1 is 1.11 bits per heavy atom. The Morgan fingerprint density at radius 2 is 1.75 bits per heavy atom. The number of hydrogen-bond acceptors (Lipinski definition) is 3. The number of anilines is 2. The molecule has 28 heavy (non-hydrogen) atoms. The normalized spacial score (nSPS) is 17.3. The van der Waals surface area contributed by atoms with Gasteiger partial charge in [0.1, 0.15) is 5.37 Å². The first-order valence-electron chi connectivity index (χ1n) is 9.63. The van der Waals surface area contributed by atoms with Crippen LogP contribution in [0.5, 0.6) is 0 Å². The van der Waals surface area contributed by atoms with Gasteiger partial charge in [-0.15, -0.1) is 11.8 Å². The van der Waals surface area contributed by atoms with E-state index in [0.717, 1.165) is 22.5 Å². The van der Waals surface area contributed by atoms with E-state index in [4.69, 9.17) is 0 Å². The van der Waals surface area contributed by atoms with Crippen molar-refractivity contribution in [3.05, 3.63) is 59.7 Å². The van der Waals surface area contributed by atoms with Gasteiger partial charge in [-0.25, -0.2) is 0 Å². The van der Waals surface area contributed by atoms with Gasteiger partial charge in [-0.2, -0.15) is 0 Å². The minimum Gasteiger partial charge on any atom is -0.325 e. The van der Waals surface area contributed by atoms with Crippen LogP contribution in [0.15, 0.2) is 48.5 Å². The average molecular weight is 397 g/mol. The molecule has 148 valence electrons. The maximum Gasteiger partial charge on any atom is 0.238 e. The minimum atomic E-state index is -0.490. The number of para-hydroxylation sites is 2. The summed E-state index contributed by atoms with van der Waals surface area (Å²) in [5.74, 6) is 0.799. The number of rotatable bonds is 4. The largest absolute Gasteiger partial charge is 0.325 e. The first-order valence-corrected chi connectivity index (χ1v) is 10.7. The van der Waals surface area contributed by atoms with Crippen LogP contribution in [-0.2, 0) is 9.59 Å². The highest BCUT2D eigenvalue weighted by Gasteiger charge is 2.37. The van der Waals surface area contributed by atoms with Crippen molar-refractivity contribution in [1.82, 2.24) is 0 Å². The summed E-state index contributed by atoms with van der Waals surface area (Å²) < 4.78 is 0. The molecule has 2 aromatic carbocycles. The van der Waals surface area contributed by atoms with Crippen LogP contribution in [0.3, 0.4) is 0 Å². The van der Waals surface area contributed by atoms with E-state index in [1.165, 1.54) is 0 Å². The summed E-state index contributed by atoms with van der Waals surface area (Å²) in [6.07, 6.45) is 0. The van der Waals surface area contributed by atoms with Crippen LogP contribution < -0.4 is 10.2 Å². The van der Waals surface area contributed by atoms with Gasteiger partial charge in [-0.1, -0.05) is 71.0 Å². The Kier molecular flexibility index (Phi) is 5.84. The van der Waals surface area contributed by atoms with Crippen molar-refractivity contribution in [2.24, 2.45) is 5.41 Å². The standard InChI is InChI=1S/C23H28N2O2S/c1-15(2)16-10-7-9-13-19(16)25-20(26)14-28-21(25)17-11-6-8-12-18(17)24-22(27)23(3,4)5/h6-13,15,21H,14H2,1-5H3,(H,24,27)/t21-/m1/s1. The molecule has 1 aliphatic rings. The molecular weight excluding hydrogens is 368 g/mol. The van der Waals surface area contributed by atoms with Gasteiger partial charge in [-0.3, -0.25) is 14.5 Å². The Morgan fingerprint density at radius 3 is 2.43 bits per heavy atom. The van der Waals surface area contributed by atoms with Gasteiger partial charge in [0.15, 0.2) is 0 Å². The molecule has 2 amide bonds. The second-order valence-corrected chi connectivity index (χ2v) is 9.50. The van der Waals surface area contributed by atoms with E-state index in [1.54, 1.807) is 11.8 Å². The van der Waals surface area contributed by atoms with E-state index in [9.17, 15) is 9.59 Å². The third-order valence-electron chi connectivity index (χ3n) is 4.84. The van der Waals surface area contributed by atoms with Crippen LogP contribution in [-0.4, -0.2) is 17.6 Å². The van der Waals surface area contributed by atoms with Crippen molar-refractivity contribution in [1.29, 1.82) is 0 Å². The van der Waals surface area contributed by atoms with Crippen molar-refractivity contribution in [3.8, 4) is 0 Å². The summed E-state index contributed by atoms with van der Waals surface area (Å²) in [7, 11) is 0. The fourth-order valence-electron chi connectivity index (χ4n) is 3.25. The van der Waals surface area contributed by atoms with Crippen molar-refractivity contribution in [2.75, 3.05) is 16.0 Å². The highest BCUT2D eigenvalue weighted by Crippen LogP contribution is 2.46. The highest BCUT2D eigenvalue weighted by molar-refractivity contribution is 8.00. The van der Waals surface area contributed by atoms with Gasteiger partial charge in [0.2, 0.25) is 11.8 Å². The zero-order chi connectivity index (χ0) is 20.5. The monoisotopic (exact) mass is 396 g/mol. The average Bonchev–Trinajstić information content (AvgIpc) is 3.02. The molecule has 1 aliphatic heterocycles. The molecule has 1 N–H and O–H groups in total. The van der Waals surface area contributed by atoms with Crippen LogP contribution in [0.25, 0.3) is 0 Å². The minimum absolute atomic E-state index is 0.0385. The summed E-state index contributed by atoms with van der Waals surface area (Å²) in [6.45, 7) is 9.95. The molecule has 2 aromatic rings. The summed E-state index contributed by atoms with van der Waals surface area (Å²) in [6, 6.07) is 15.9. The van der Waals surface area contributed by atoms with Gasteiger partial charge < -0.3 is 5.32 Å². The number of nitrogens with one attached hydrogen (secondary N) is 1. The number of thioether (sulfide) groups is 1. The van der Waals surface area contributed by atoms with E-state index >= 15 is 0 Å². The first kappa shape index (κ1) is 20.5. The van der Waals surface area contributed by atoms with Crippen molar-refractivity contribution >= 4 is 35.0 Å². The second-order valence-electron chi connectivity index (χ2n) is 8.43. The van der Waals surface area contributed by atoms with Crippen molar-refractivity contribution in [2.45, 2.75) is 45.9 Å². The zero-order valence-corrected chi connectivity index (χ0v) is 18.0. The number of carbonyl (C=O) groups is 2. The fraction of sp³-hybridized carbons (Fsp3) is 0.391. The lowest BCUT2D eigenvalue weighted by molar-refractivity contribution is -0.123.